The zero-order valence-electron chi connectivity index (χ0n) is 12.6. The molecular formula is C15H22F3N3. The normalized spacial score (nSPS) is 15.5. The standard InChI is InChI=1S/C15H22F3N3/c1-10-13(4-3-9-19-12-5-6-12)11(2)21-14(20-10)7-8-15(16,17)18/h12,19H,3-9H2,1-2H3. The van der Waals surface area contributed by atoms with Crippen LogP contribution in [0.15, 0.2) is 0 Å². The van der Waals surface area contributed by atoms with Gasteiger partial charge in [0, 0.05) is 23.9 Å². The lowest BCUT2D eigenvalue weighted by Crippen LogP contribution is -2.18. The summed E-state index contributed by atoms with van der Waals surface area (Å²) in [6.45, 7) is 4.68. The molecule has 0 radical (unpaired) electrons. The van der Waals surface area contributed by atoms with Gasteiger partial charge in [0.15, 0.2) is 0 Å². The van der Waals surface area contributed by atoms with E-state index < -0.39 is 12.6 Å². The van der Waals surface area contributed by atoms with E-state index in [9.17, 15) is 13.2 Å². The molecule has 0 saturated heterocycles. The molecule has 0 unspecified atom stereocenters. The van der Waals surface area contributed by atoms with Crippen molar-refractivity contribution < 1.29 is 13.2 Å². The summed E-state index contributed by atoms with van der Waals surface area (Å²) < 4.78 is 36.7. The molecule has 0 spiro atoms. The molecule has 2 rings (SSSR count). The third-order valence-electron chi connectivity index (χ3n) is 3.71. The largest absolute Gasteiger partial charge is 0.389 e. The highest BCUT2D eigenvalue weighted by molar-refractivity contribution is 5.24. The topological polar surface area (TPSA) is 37.8 Å². The SMILES string of the molecule is Cc1nc(CCC(F)(F)F)nc(C)c1CCCNC1CC1. The van der Waals surface area contributed by atoms with E-state index in [1.165, 1.54) is 12.8 Å². The number of hydrogen-bond donors (Lipinski definition) is 1. The number of rotatable bonds is 7. The number of nitrogens with one attached hydrogen (secondary N) is 1. The molecule has 0 aromatic carbocycles. The van der Waals surface area contributed by atoms with Crippen LogP contribution in [0.25, 0.3) is 0 Å². The van der Waals surface area contributed by atoms with Crippen molar-refractivity contribution in [1.82, 2.24) is 15.3 Å². The van der Waals surface area contributed by atoms with Crippen molar-refractivity contribution in [3.63, 3.8) is 0 Å². The highest BCUT2D eigenvalue weighted by Crippen LogP contribution is 2.22. The molecule has 118 valence electrons. The number of hydrogen-bond acceptors (Lipinski definition) is 3. The molecule has 1 N–H and O–H groups in total. The van der Waals surface area contributed by atoms with Crippen molar-refractivity contribution in [3.05, 3.63) is 22.8 Å². The van der Waals surface area contributed by atoms with E-state index in [0.717, 1.165) is 36.3 Å². The second kappa shape index (κ2) is 6.73. The molecule has 6 heteroatoms. The monoisotopic (exact) mass is 301 g/mol. The predicted molar refractivity (Wildman–Crippen MR) is 75.2 cm³/mol. The van der Waals surface area contributed by atoms with Crippen molar-refractivity contribution in [2.24, 2.45) is 0 Å². The van der Waals surface area contributed by atoms with Crippen LogP contribution < -0.4 is 5.32 Å². The Morgan fingerprint density at radius 2 is 1.71 bits per heavy atom. The lowest BCUT2D eigenvalue weighted by atomic mass is 10.1. The van der Waals surface area contributed by atoms with Crippen LogP contribution in [0.2, 0.25) is 0 Å². The van der Waals surface area contributed by atoms with Crippen LogP contribution in [-0.2, 0) is 12.8 Å². The van der Waals surface area contributed by atoms with Crippen molar-refractivity contribution in [1.29, 1.82) is 0 Å². The van der Waals surface area contributed by atoms with Crippen LogP contribution in [-0.4, -0.2) is 28.7 Å². The lowest BCUT2D eigenvalue weighted by molar-refractivity contribution is -0.134. The smallest absolute Gasteiger partial charge is 0.314 e. The van der Waals surface area contributed by atoms with E-state index in [1.807, 2.05) is 13.8 Å². The number of aromatic nitrogens is 2. The van der Waals surface area contributed by atoms with E-state index in [-0.39, 0.29) is 6.42 Å². The van der Waals surface area contributed by atoms with Crippen LogP contribution in [0.1, 0.15) is 48.5 Å². The summed E-state index contributed by atoms with van der Waals surface area (Å²) in [4.78, 5) is 8.46. The Morgan fingerprint density at radius 3 is 2.24 bits per heavy atom. The third kappa shape index (κ3) is 5.61. The number of nitrogens with zero attached hydrogens (tertiary/aromatic N) is 2. The average molecular weight is 301 g/mol. The fourth-order valence-corrected chi connectivity index (χ4v) is 2.39. The zero-order chi connectivity index (χ0) is 15.5. The van der Waals surface area contributed by atoms with Crippen LogP contribution in [0, 0.1) is 13.8 Å². The van der Waals surface area contributed by atoms with Crippen molar-refractivity contribution in [3.8, 4) is 0 Å². The summed E-state index contributed by atoms with van der Waals surface area (Å²) in [5.41, 5.74) is 2.69. The van der Waals surface area contributed by atoms with Crippen LogP contribution >= 0.6 is 0 Å². The molecule has 1 aliphatic rings. The Kier molecular flexibility index (Phi) is 5.19. The molecule has 1 aromatic rings. The van der Waals surface area contributed by atoms with Gasteiger partial charge >= 0.3 is 6.18 Å². The van der Waals surface area contributed by atoms with E-state index in [0.29, 0.717) is 11.9 Å². The van der Waals surface area contributed by atoms with Gasteiger partial charge in [-0.05, 0) is 51.6 Å². The van der Waals surface area contributed by atoms with E-state index in [2.05, 4.69) is 15.3 Å². The molecular weight excluding hydrogens is 279 g/mol. The summed E-state index contributed by atoms with van der Waals surface area (Å²) in [6, 6.07) is 0.702. The molecule has 1 fully saturated rings. The highest BCUT2D eigenvalue weighted by Gasteiger charge is 2.27. The van der Waals surface area contributed by atoms with E-state index in [1.54, 1.807) is 0 Å². The maximum atomic E-state index is 12.2. The van der Waals surface area contributed by atoms with Crippen LogP contribution in [0.3, 0.4) is 0 Å². The van der Waals surface area contributed by atoms with Gasteiger partial charge in [-0.15, -0.1) is 0 Å². The Bertz CT molecular complexity index is 459. The average Bonchev–Trinajstić information content (AvgIpc) is 3.18. The molecule has 0 atom stereocenters. The zero-order valence-corrected chi connectivity index (χ0v) is 12.6. The van der Waals surface area contributed by atoms with E-state index >= 15 is 0 Å². The quantitative estimate of drug-likeness (QED) is 0.785. The minimum atomic E-state index is -4.15. The van der Waals surface area contributed by atoms with Gasteiger partial charge in [0.1, 0.15) is 5.82 Å². The molecule has 0 bridgehead atoms. The molecule has 0 aliphatic heterocycles. The van der Waals surface area contributed by atoms with Gasteiger partial charge in [-0.25, -0.2) is 9.97 Å². The molecule has 0 amide bonds. The van der Waals surface area contributed by atoms with Crippen molar-refractivity contribution in [2.75, 3.05) is 6.54 Å². The Hall–Kier alpha value is -1.17. The molecule has 1 aromatic heterocycles. The number of aryl methyl sites for hydroxylation is 3. The highest BCUT2D eigenvalue weighted by atomic mass is 19.4. The minimum absolute atomic E-state index is 0.144. The van der Waals surface area contributed by atoms with Gasteiger partial charge in [0.2, 0.25) is 0 Å². The second-order valence-electron chi connectivity index (χ2n) is 5.74. The van der Waals surface area contributed by atoms with Crippen LogP contribution in [0.4, 0.5) is 13.2 Å². The fourth-order valence-electron chi connectivity index (χ4n) is 2.39. The molecule has 3 nitrogen and oxygen atoms in total. The minimum Gasteiger partial charge on any atom is -0.314 e. The second-order valence-corrected chi connectivity index (χ2v) is 5.74. The Balaban J connectivity index is 1.89. The molecule has 21 heavy (non-hydrogen) atoms. The number of halogens is 3. The first kappa shape index (κ1) is 16.2. The molecule has 1 aliphatic carbocycles. The Labute approximate surface area is 123 Å². The molecule has 1 heterocycles. The van der Waals surface area contributed by atoms with Crippen molar-refractivity contribution >= 4 is 0 Å². The summed E-state index contributed by atoms with van der Waals surface area (Å²) >= 11 is 0. The van der Waals surface area contributed by atoms with Gasteiger partial charge in [0.25, 0.3) is 0 Å². The lowest BCUT2D eigenvalue weighted by Gasteiger charge is -2.12. The Morgan fingerprint density at radius 1 is 1.10 bits per heavy atom. The first-order valence-electron chi connectivity index (χ1n) is 7.48. The first-order chi connectivity index (χ1) is 9.85. The van der Waals surface area contributed by atoms with Gasteiger partial charge in [-0.1, -0.05) is 0 Å². The maximum absolute atomic E-state index is 12.2. The van der Waals surface area contributed by atoms with Gasteiger partial charge in [0.05, 0.1) is 6.42 Å². The maximum Gasteiger partial charge on any atom is 0.389 e. The molecule has 1 saturated carbocycles. The van der Waals surface area contributed by atoms with Gasteiger partial charge in [-0.3, -0.25) is 0 Å². The summed E-state index contributed by atoms with van der Waals surface area (Å²) in [6.07, 6.45) is -0.742. The third-order valence-corrected chi connectivity index (χ3v) is 3.71. The van der Waals surface area contributed by atoms with Gasteiger partial charge in [-0.2, -0.15) is 13.2 Å². The van der Waals surface area contributed by atoms with E-state index in [4.69, 9.17) is 0 Å². The predicted octanol–water partition coefficient (Wildman–Crippen LogP) is 3.27. The first-order valence-corrected chi connectivity index (χ1v) is 7.48. The van der Waals surface area contributed by atoms with Crippen molar-refractivity contribution in [2.45, 2.75) is 64.6 Å². The summed E-state index contributed by atoms with van der Waals surface area (Å²) in [5.74, 6) is 0.294. The fraction of sp³-hybridized carbons (Fsp3) is 0.733. The summed E-state index contributed by atoms with van der Waals surface area (Å²) in [5, 5.41) is 3.45. The van der Waals surface area contributed by atoms with Crippen LogP contribution in [0.5, 0.6) is 0 Å². The van der Waals surface area contributed by atoms with Gasteiger partial charge < -0.3 is 5.32 Å². The number of alkyl halides is 3. The summed E-state index contributed by atoms with van der Waals surface area (Å²) in [7, 11) is 0.